The van der Waals surface area contributed by atoms with Crippen LogP contribution in [0.3, 0.4) is 0 Å². The molecule has 0 saturated heterocycles. The SMILES string of the molecule is CCCOC(CNc1cccc(CO/N=C(\C(=N)N(C)N)c2ccccc2)n1)OCCC. The molecule has 0 spiro atoms. The standard InChI is InChI=1S/C23H34N6O3/c1-4-14-30-21(31-15-5-2)16-26-20-13-9-12-19(27-20)17-32-28-22(23(24)29(3)25)18-10-7-6-8-11-18/h6-13,21,24H,4-5,14-17,25H2,1-3H3,(H,26,27)/b24-23?,28-22-. The van der Waals surface area contributed by atoms with E-state index < -0.39 is 0 Å². The van der Waals surface area contributed by atoms with Crippen LogP contribution in [0.15, 0.2) is 53.7 Å². The average Bonchev–Trinajstić information content (AvgIpc) is 2.81. The lowest BCUT2D eigenvalue weighted by Gasteiger charge is -2.19. The number of likely N-dealkylation sites (N-methyl/N-ethyl adjacent to an activating group) is 1. The number of rotatable bonds is 14. The summed E-state index contributed by atoms with van der Waals surface area (Å²) in [5.41, 5.74) is 1.77. The molecule has 4 N–H and O–H groups in total. The van der Waals surface area contributed by atoms with Crippen LogP contribution in [0.1, 0.15) is 37.9 Å². The lowest BCUT2D eigenvalue weighted by Crippen LogP contribution is -2.38. The van der Waals surface area contributed by atoms with Crippen molar-refractivity contribution in [1.29, 1.82) is 5.41 Å². The van der Waals surface area contributed by atoms with Gasteiger partial charge in [-0.1, -0.05) is 55.4 Å². The Morgan fingerprint density at radius 3 is 2.41 bits per heavy atom. The molecule has 2 rings (SSSR count). The van der Waals surface area contributed by atoms with Gasteiger partial charge in [0.25, 0.3) is 0 Å². The molecule has 174 valence electrons. The number of nitrogens with zero attached hydrogens (tertiary/aromatic N) is 3. The van der Waals surface area contributed by atoms with Gasteiger partial charge in [-0.25, -0.2) is 10.8 Å². The van der Waals surface area contributed by atoms with E-state index in [1.807, 2.05) is 48.5 Å². The molecule has 0 radical (unpaired) electrons. The van der Waals surface area contributed by atoms with E-state index in [9.17, 15) is 0 Å². The first-order valence-electron chi connectivity index (χ1n) is 10.8. The molecule has 0 aliphatic heterocycles. The third-order valence-electron chi connectivity index (χ3n) is 4.26. The zero-order valence-corrected chi connectivity index (χ0v) is 19.1. The Labute approximate surface area is 190 Å². The highest BCUT2D eigenvalue weighted by atomic mass is 16.7. The van der Waals surface area contributed by atoms with Crippen molar-refractivity contribution in [1.82, 2.24) is 9.99 Å². The Morgan fingerprint density at radius 2 is 1.78 bits per heavy atom. The Morgan fingerprint density at radius 1 is 1.09 bits per heavy atom. The van der Waals surface area contributed by atoms with Crippen LogP contribution in [0.4, 0.5) is 5.82 Å². The Hall–Kier alpha value is -3.01. The molecule has 1 heterocycles. The van der Waals surface area contributed by atoms with Crippen molar-refractivity contribution < 1.29 is 14.3 Å². The largest absolute Gasteiger partial charge is 0.389 e. The van der Waals surface area contributed by atoms with E-state index in [4.69, 9.17) is 25.6 Å². The van der Waals surface area contributed by atoms with E-state index in [1.54, 1.807) is 7.05 Å². The minimum absolute atomic E-state index is 0.0461. The van der Waals surface area contributed by atoms with Gasteiger partial charge in [0.1, 0.15) is 5.82 Å². The van der Waals surface area contributed by atoms with Crippen molar-refractivity contribution >= 4 is 17.4 Å². The number of nitrogens with two attached hydrogens (primary N) is 1. The van der Waals surface area contributed by atoms with Crippen LogP contribution in [0, 0.1) is 5.41 Å². The smallest absolute Gasteiger partial charge is 0.174 e. The first-order chi connectivity index (χ1) is 15.5. The first kappa shape index (κ1) is 25.3. The van der Waals surface area contributed by atoms with E-state index in [0.717, 1.165) is 18.4 Å². The summed E-state index contributed by atoms with van der Waals surface area (Å²) in [4.78, 5) is 10.1. The molecule has 0 amide bonds. The van der Waals surface area contributed by atoms with Crippen molar-refractivity contribution in [2.75, 3.05) is 32.1 Å². The van der Waals surface area contributed by atoms with Crippen molar-refractivity contribution in [3.05, 3.63) is 59.8 Å². The maximum absolute atomic E-state index is 8.19. The van der Waals surface area contributed by atoms with E-state index >= 15 is 0 Å². The van der Waals surface area contributed by atoms with Gasteiger partial charge in [-0.2, -0.15) is 0 Å². The normalized spacial score (nSPS) is 11.5. The van der Waals surface area contributed by atoms with Crippen LogP contribution < -0.4 is 11.2 Å². The number of hydrogen-bond acceptors (Lipinski definition) is 8. The number of benzene rings is 1. The molecule has 0 saturated carbocycles. The molecule has 9 nitrogen and oxygen atoms in total. The summed E-state index contributed by atoms with van der Waals surface area (Å²) in [5, 5.41) is 16.8. The molecule has 9 heteroatoms. The second-order valence-corrected chi connectivity index (χ2v) is 7.11. The van der Waals surface area contributed by atoms with Crippen LogP contribution in [-0.4, -0.2) is 54.6 Å². The molecule has 32 heavy (non-hydrogen) atoms. The van der Waals surface area contributed by atoms with Crippen LogP contribution in [0.2, 0.25) is 0 Å². The average molecular weight is 443 g/mol. The monoisotopic (exact) mass is 442 g/mol. The summed E-state index contributed by atoms with van der Waals surface area (Å²) in [6.45, 7) is 6.06. The van der Waals surface area contributed by atoms with E-state index in [0.29, 0.717) is 37.0 Å². The summed E-state index contributed by atoms with van der Waals surface area (Å²) < 4.78 is 11.5. The number of aromatic nitrogens is 1. The van der Waals surface area contributed by atoms with Crippen LogP contribution in [0.5, 0.6) is 0 Å². The summed E-state index contributed by atoms with van der Waals surface area (Å²) in [5.74, 6) is 6.47. The summed E-state index contributed by atoms with van der Waals surface area (Å²) >= 11 is 0. The summed E-state index contributed by atoms with van der Waals surface area (Å²) in [7, 11) is 1.58. The zero-order chi connectivity index (χ0) is 23.2. The maximum atomic E-state index is 8.19. The van der Waals surface area contributed by atoms with Crippen molar-refractivity contribution in [2.45, 2.75) is 39.6 Å². The van der Waals surface area contributed by atoms with Gasteiger partial charge in [0.15, 0.2) is 24.4 Å². The lowest BCUT2D eigenvalue weighted by molar-refractivity contribution is -0.133. The number of oxime groups is 1. The Kier molecular flexibility index (Phi) is 11.1. The first-order valence-corrected chi connectivity index (χ1v) is 10.8. The van der Waals surface area contributed by atoms with Crippen molar-refractivity contribution in [3.63, 3.8) is 0 Å². The minimum atomic E-state index is -0.325. The molecule has 0 fully saturated rings. The highest BCUT2D eigenvalue weighted by Gasteiger charge is 2.14. The molecule has 0 aliphatic rings. The fourth-order valence-corrected chi connectivity index (χ4v) is 2.67. The zero-order valence-electron chi connectivity index (χ0n) is 19.1. The molecule has 0 unspecified atom stereocenters. The molecule has 1 aromatic carbocycles. The summed E-state index contributed by atoms with van der Waals surface area (Å²) in [6, 6.07) is 14.9. The van der Waals surface area contributed by atoms with Gasteiger partial charge in [-0.15, -0.1) is 0 Å². The van der Waals surface area contributed by atoms with E-state index in [-0.39, 0.29) is 18.7 Å². The summed E-state index contributed by atoms with van der Waals surface area (Å²) in [6.07, 6.45) is 1.54. The molecule has 0 atom stereocenters. The Balaban J connectivity index is 1.99. The van der Waals surface area contributed by atoms with E-state index in [2.05, 4.69) is 29.3 Å². The predicted octanol–water partition coefficient (Wildman–Crippen LogP) is 3.38. The number of nitrogens with one attached hydrogen (secondary N) is 2. The molecule has 0 aliphatic carbocycles. The number of anilines is 1. The van der Waals surface area contributed by atoms with Crippen molar-refractivity contribution in [3.8, 4) is 0 Å². The van der Waals surface area contributed by atoms with Crippen LogP contribution in [0.25, 0.3) is 0 Å². The fraction of sp³-hybridized carbons (Fsp3) is 0.435. The van der Waals surface area contributed by atoms with Gasteiger partial charge in [0.05, 0.1) is 12.2 Å². The number of ether oxygens (including phenoxy) is 2. The highest BCUT2D eigenvalue weighted by molar-refractivity contribution is 6.46. The topological polar surface area (TPSA) is 118 Å². The maximum Gasteiger partial charge on any atom is 0.174 e. The molecule has 1 aromatic heterocycles. The van der Waals surface area contributed by atoms with Gasteiger partial charge in [-0.05, 0) is 25.0 Å². The van der Waals surface area contributed by atoms with E-state index in [1.165, 1.54) is 5.01 Å². The quantitative estimate of drug-likeness (QED) is 0.135. The minimum Gasteiger partial charge on any atom is -0.389 e. The van der Waals surface area contributed by atoms with Crippen LogP contribution >= 0.6 is 0 Å². The molecular weight excluding hydrogens is 408 g/mol. The number of hydrazine groups is 1. The highest BCUT2D eigenvalue weighted by Crippen LogP contribution is 2.09. The number of pyridine rings is 1. The predicted molar refractivity (Wildman–Crippen MR) is 126 cm³/mol. The van der Waals surface area contributed by atoms with Gasteiger partial charge < -0.3 is 19.6 Å². The van der Waals surface area contributed by atoms with Gasteiger partial charge >= 0.3 is 0 Å². The lowest BCUT2D eigenvalue weighted by atomic mass is 10.1. The van der Waals surface area contributed by atoms with Gasteiger partial charge in [0.2, 0.25) is 0 Å². The van der Waals surface area contributed by atoms with Crippen molar-refractivity contribution in [2.24, 2.45) is 11.0 Å². The number of hydrogen-bond donors (Lipinski definition) is 3. The fourth-order valence-electron chi connectivity index (χ4n) is 2.67. The Bertz CT molecular complexity index is 837. The second kappa shape index (κ2) is 14.1. The van der Waals surface area contributed by atoms with Crippen LogP contribution in [-0.2, 0) is 20.9 Å². The van der Waals surface area contributed by atoms with Gasteiger partial charge in [-0.3, -0.25) is 10.4 Å². The number of amidine groups is 1. The molecule has 0 bridgehead atoms. The second-order valence-electron chi connectivity index (χ2n) is 7.11. The van der Waals surface area contributed by atoms with Gasteiger partial charge in [0, 0.05) is 25.8 Å². The third-order valence-corrected chi connectivity index (χ3v) is 4.26. The molecule has 2 aromatic rings. The third kappa shape index (κ3) is 8.62. The molecular formula is C23H34N6O3.